The van der Waals surface area contributed by atoms with Crippen LogP contribution < -0.4 is 9.76 Å². The summed E-state index contributed by atoms with van der Waals surface area (Å²) in [7, 11) is 0.597. The van der Waals surface area contributed by atoms with Gasteiger partial charge in [-0.05, 0) is 12.1 Å². The van der Waals surface area contributed by atoms with Gasteiger partial charge in [-0.1, -0.05) is 12.1 Å². The van der Waals surface area contributed by atoms with Crippen molar-refractivity contribution in [1.29, 1.82) is 0 Å². The molecule has 12 heavy (non-hydrogen) atoms. The summed E-state index contributed by atoms with van der Waals surface area (Å²) in [6.45, 7) is 1.99. The summed E-state index contributed by atoms with van der Waals surface area (Å²) in [5.41, 5.74) is 0.931. The van der Waals surface area contributed by atoms with Crippen LogP contribution in [0.5, 0.6) is 5.75 Å². The second-order valence-corrected chi connectivity index (χ2v) is 3.80. The van der Waals surface area contributed by atoms with Gasteiger partial charge >= 0.3 is 0 Å². The van der Waals surface area contributed by atoms with Crippen LogP contribution in [0.15, 0.2) is 24.3 Å². The SMILES string of the molecule is Oc1ccccc1N1CCNP1. The lowest BCUT2D eigenvalue weighted by atomic mass is 10.3. The Bertz CT molecular complexity index is 274. The number of nitrogens with one attached hydrogen (secondary N) is 1. The number of aromatic hydroxyl groups is 1. The number of benzene rings is 1. The van der Waals surface area contributed by atoms with Gasteiger partial charge in [0.25, 0.3) is 0 Å². The Morgan fingerprint density at radius 3 is 2.92 bits per heavy atom. The maximum atomic E-state index is 9.51. The molecule has 64 valence electrons. The van der Waals surface area contributed by atoms with Crippen molar-refractivity contribution in [3.8, 4) is 5.75 Å². The van der Waals surface area contributed by atoms with Crippen molar-refractivity contribution in [2.24, 2.45) is 0 Å². The van der Waals surface area contributed by atoms with Crippen molar-refractivity contribution in [1.82, 2.24) is 5.09 Å². The highest BCUT2D eigenvalue weighted by Gasteiger charge is 2.13. The van der Waals surface area contributed by atoms with Crippen molar-refractivity contribution in [2.45, 2.75) is 0 Å². The van der Waals surface area contributed by atoms with Gasteiger partial charge in [0.15, 0.2) is 0 Å². The molecule has 1 atom stereocenters. The molecule has 3 nitrogen and oxygen atoms in total. The molecule has 0 radical (unpaired) electrons. The van der Waals surface area contributed by atoms with E-state index in [0.29, 0.717) is 14.6 Å². The normalized spacial score (nSPS) is 18.8. The summed E-state index contributed by atoms with van der Waals surface area (Å²) < 4.78 is 2.15. The van der Waals surface area contributed by atoms with Crippen LogP contribution in [0.4, 0.5) is 5.69 Å². The van der Waals surface area contributed by atoms with Crippen molar-refractivity contribution in [2.75, 3.05) is 17.8 Å². The van der Waals surface area contributed by atoms with Gasteiger partial charge < -0.3 is 9.78 Å². The van der Waals surface area contributed by atoms with E-state index in [1.54, 1.807) is 6.07 Å². The van der Waals surface area contributed by atoms with Gasteiger partial charge in [0.05, 0.1) is 5.69 Å². The lowest BCUT2D eigenvalue weighted by molar-refractivity contribution is 0.476. The molecule has 1 aromatic rings. The van der Waals surface area contributed by atoms with Crippen LogP contribution in [-0.2, 0) is 0 Å². The summed E-state index contributed by atoms with van der Waals surface area (Å²) in [6.07, 6.45) is 0. The topological polar surface area (TPSA) is 35.5 Å². The largest absolute Gasteiger partial charge is 0.506 e. The third-order valence-corrected chi connectivity index (χ3v) is 2.99. The van der Waals surface area contributed by atoms with Gasteiger partial charge in [-0.15, -0.1) is 0 Å². The van der Waals surface area contributed by atoms with Crippen molar-refractivity contribution in [3.05, 3.63) is 24.3 Å². The molecule has 2 rings (SSSR count). The molecule has 0 amide bonds. The number of hydrogen-bond acceptors (Lipinski definition) is 3. The van der Waals surface area contributed by atoms with Crippen LogP contribution in [-0.4, -0.2) is 18.2 Å². The van der Waals surface area contributed by atoms with E-state index in [1.807, 2.05) is 18.2 Å². The zero-order valence-corrected chi connectivity index (χ0v) is 7.62. The predicted octanol–water partition coefficient (Wildman–Crippen LogP) is 1.31. The Labute approximate surface area is 73.3 Å². The number of hydrogen-bond donors (Lipinski definition) is 2. The molecule has 0 aliphatic carbocycles. The van der Waals surface area contributed by atoms with Gasteiger partial charge in [0.1, 0.15) is 5.75 Å². The highest BCUT2D eigenvalue weighted by Crippen LogP contribution is 2.34. The van der Waals surface area contributed by atoms with E-state index in [4.69, 9.17) is 0 Å². The van der Waals surface area contributed by atoms with Crippen molar-refractivity contribution < 1.29 is 5.11 Å². The average Bonchev–Trinajstić information content (AvgIpc) is 2.57. The van der Waals surface area contributed by atoms with Gasteiger partial charge in [-0.2, -0.15) is 0 Å². The van der Waals surface area contributed by atoms with Gasteiger partial charge in [0.2, 0.25) is 0 Å². The molecule has 0 saturated carbocycles. The standard InChI is InChI=1S/C8H11N2OP/c11-8-4-2-1-3-7(8)10-6-5-9-12-10/h1-4,9,11-12H,5-6H2. The molecular weight excluding hydrogens is 171 g/mol. The Hall–Kier alpha value is -0.790. The first-order valence-corrected chi connectivity index (χ1v) is 4.87. The van der Waals surface area contributed by atoms with E-state index < -0.39 is 0 Å². The molecule has 4 heteroatoms. The van der Waals surface area contributed by atoms with E-state index in [2.05, 4.69) is 9.76 Å². The molecule has 1 unspecified atom stereocenters. The van der Waals surface area contributed by atoms with Crippen LogP contribution >= 0.6 is 8.88 Å². The molecule has 0 bridgehead atoms. The summed E-state index contributed by atoms with van der Waals surface area (Å²) in [5.74, 6) is 0.369. The summed E-state index contributed by atoms with van der Waals surface area (Å²) >= 11 is 0. The summed E-state index contributed by atoms with van der Waals surface area (Å²) in [6, 6.07) is 7.44. The molecule has 1 heterocycles. The first-order valence-electron chi connectivity index (χ1n) is 3.92. The number of anilines is 1. The average molecular weight is 182 g/mol. The zero-order chi connectivity index (χ0) is 8.39. The minimum atomic E-state index is 0.369. The highest BCUT2D eigenvalue weighted by atomic mass is 31.1. The Morgan fingerprint density at radius 1 is 1.42 bits per heavy atom. The number of rotatable bonds is 1. The molecule has 1 aliphatic rings. The molecule has 1 aromatic carbocycles. The third-order valence-electron chi connectivity index (χ3n) is 1.85. The number of phenolic OH excluding ortho intramolecular Hbond substituents is 1. The molecule has 2 N–H and O–H groups in total. The highest BCUT2D eigenvalue weighted by molar-refractivity contribution is 7.38. The molecule has 0 aromatic heterocycles. The lowest BCUT2D eigenvalue weighted by Gasteiger charge is -2.16. The second-order valence-electron chi connectivity index (χ2n) is 2.68. The molecule has 1 saturated heterocycles. The molecule has 0 spiro atoms. The molecule has 1 aliphatic heterocycles. The van der Waals surface area contributed by atoms with Crippen LogP contribution in [0.3, 0.4) is 0 Å². The van der Waals surface area contributed by atoms with Gasteiger partial charge in [-0.25, -0.2) is 0 Å². The van der Waals surface area contributed by atoms with Gasteiger partial charge in [0, 0.05) is 22.0 Å². The van der Waals surface area contributed by atoms with Crippen molar-refractivity contribution >= 4 is 14.6 Å². The Balaban J connectivity index is 2.26. The summed E-state index contributed by atoms with van der Waals surface area (Å²) in [5, 5.41) is 12.7. The second kappa shape index (κ2) is 3.30. The van der Waals surface area contributed by atoms with Crippen molar-refractivity contribution in [3.63, 3.8) is 0 Å². The number of para-hydroxylation sites is 2. The van der Waals surface area contributed by atoms with Crippen LogP contribution in [0.2, 0.25) is 0 Å². The first kappa shape index (κ1) is 7.84. The van der Waals surface area contributed by atoms with Gasteiger partial charge in [-0.3, -0.25) is 5.09 Å². The van der Waals surface area contributed by atoms with E-state index in [0.717, 1.165) is 18.8 Å². The van der Waals surface area contributed by atoms with E-state index in [-0.39, 0.29) is 0 Å². The van der Waals surface area contributed by atoms with Crippen LogP contribution in [0.1, 0.15) is 0 Å². The minimum Gasteiger partial charge on any atom is -0.506 e. The maximum Gasteiger partial charge on any atom is 0.139 e. The Kier molecular flexibility index (Phi) is 2.15. The van der Waals surface area contributed by atoms with Crippen LogP contribution in [0, 0.1) is 0 Å². The summed E-state index contributed by atoms with van der Waals surface area (Å²) in [4.78, 5) is 0. The molecule has 1 fully saturated rings. The molecular formula is C8H11N2OP. The van der Waals surface area contributed by atoms with Crippen LogP contribution in [0.25, 0.3) is 0 Å². The maximum absolute atomic E-state index is 9.51. The third kappa shape index (κ3) is 1.38. The first-order chi connectivity index (χ1) is 5.88. The zero-order valence-electron chi connectivity index (χ0n) is 6.62. The fourth-order valence-electron chi connectivity index (χ4n) is 1.25. The fraction of sp³-hybridized carbons (Fsp3) is 0.250. The smallest absolute Gasteiger partial charge is 0.139 e. The quantitative estimate of drug-likeness (QED) is 0.643. The van der Waals surface area contributed by atoms with E-state index in [1.165, 1.54) is 0 Å². The predicted molar refractivity (Wildman–Crippen MR) is 51.8 cm³/mol. The monoisotopic (exact) mass is 182 g/mol. The van der Waals surface area contributed by atoms with E-state index >= 15 is 0 Å². The fourth-order valence-corrected chi connectivity index (χ4v) is 2.20. The van der Waals surface area contributed by atoms with E-state index in [9.17, 15) is 5.11 Å². The Morgan fingerprint density at radius 2 is 2.25 bits per heavy atom. The number of nitrogens with zero attached hydrogens (tertiary/aromatic N) is 1. The minimum absolute atomic E-state index is 0.369. The number of phenols is 1. The lowest BCUT2D eigenvalue weighted by Crippen LogP contribution is -2.09.